The summed E-state index contributed by atoms with van der Waals surface area (Å²) in [5, 5.41) is 4.84. The van der Waals surface area contributed by atoms with E-state index in [4.69, 9.17) is 8.94 Å². The van der Waals surface area contributed by atoms with E-state index in [2.05, 4.69) is 10.1 Å². The van der Waals surface area contributed by atoms with Crippen LogP contribution in [0.4, 0.5) is 0 Å². The maximum Gasteiger partial charge on any atom is 0.289 e. The van der Waals surface area contributed by atoms with Gasteiger partial charge in [-0.25, -0.2) is 0 Å². The van der Waals surface area contributed by atoms with Crippen LogP contribution in [0.2, 0.25) is 0 Å². The number of nitrogens with zero attached hydrogens (tertiary/aromatic N) is 3. The molecule has 0 radical (unpaired) electrons. The van der Waals surface area contributed by atoms with E-state index in [1.165, 1.54) is 0 Å². The van der Waals surface area contributed by atoms with E-state index in [0.29, 0.717) is 24.0 Å². The highest BCUT2D eigenvalue weighted by atomic mass is 16.5. The van der Waals surface area contributed by atoms with Gasteiger partial charge < -0.3 is 13.8 Å². The van der Waals surface area contributed by atoms with E-state index < -0.39 is 0 Å². The zero-order chi connectivity index (χ0) is 16.7. The molecule has 1 atom stereocenters. The Morgan fingerprint density at radius 1 is 1.29 bits per heavy atom. The van der Waals surface area contributed by atoms with Gasteiger partial charge in [0.1, 0.15) is 5.58 Å². The van der Waals surface area contributed by atoms with Crippen molar-refractivity contribution in [3.8, 4) is 0 Å². The van der Waals surface area contributed by atoms with Crippen molar-refractivity contribution in [2.75, 3.05) is 13.1 Å². The quantitative estimate of drug-likeness (QED) is 0.721. The van der Waals surface area contributed by atoms with Crippen LogP contribution in [0.5, 0.6) is 0 Å². The van der Waals surface area contributed by atoms with Gasteiger partial charge in [-0.2, -0.15) is 4.98 Å². The van der Waals surface area contributed by atoms with Gasteiger partial charge >= 0.3 is 0 Å². The molecular weight excluding hydrogens is 306 g/mol. The second kappa shape index (κ2) is 5.78. The lowest BCUT2D eigenvalue weighted by atomic mass is 9.97. The van der Waals surface area contributed by atoms with Crippen LogP contribution in [0, 0.1) is 13.8 Å². The molecule has 4 rings (SSSR count). The molecule has 6 heteroatoms. The number of aryl methyl sites for hydroxylation is 2. The normalized spacial score (nSPS) is 18.2. The Kier molecular flexibility index (Phi) is 3.59. The monoisotopic (exact) mass is 325 g/mol. The fraction of sp³-hybridized carbons (Fsp3) is 0.389. The summed E-state index contributed by atoms with van der Waals surface area (Å²) in [6, 6.07) is 7.73. The number of likely N-dealkylation sites (tertiary alicyclic amines) is 1. The number of hydrogen-bond donors (Lipinski definition) is 0. The Morgan fingerprint density at radius 2 is 2.12 bits per heavy atom. The largest absolute Gasteiger partial charge is 0.451 e. The van der Waals surface area contributed by atoms with Gasteiger partial charge in [-0.15, -0.1) is 0 Å². The second-order valence-electron chi connectivity index (χ2n) is 6.32. The molecule has 1 aliphatic rings. The van der Waals surface area contributed by atoms with Crippen molar-refractivity contribution in [2.45, 2.75) is 32.6 Å². The van der Waals surface area contributed by atoms with Crippen LogP contribution in [-0.2, 0) is 0 Å². The number of aromatic nitrogens is 2. The van der Waals surface area contributed by atoms with Crippen LogP contribution in [0.3, 0.4) is 0 Å². The number of para-hydroxylation sites is 1. The number of carbonyl (C=O) groups is 1. The van der Waals surface area contributed by atoms with E-state index in [1.807, 2.05) is 36.1 Å². The molecule has 1 aromatic carbocycles. The zero-order valence-corrected chi connectivity index (χ0v) is 13.8. The highest BCUT2D eigenvalue weighted by Crippen LogP contribution is 2.30. The van der Waals surface area contributed by atoms with Gasteiger partial charge in [0, 0.05) is 24.0 Å². The third-order valence-corrected chi connectivity index (χ3v) is 4.64. The number of rotatable bonds is 2. The van der Waals surface area contributed by atoms with Gasteiger partial charge in [0.15, 0.2) is 11.6 Å². The van der Waals surface area contributed by atoms with Crippen molar-refractivity contribution in [1.29, 1.82) is 0 Å². The fourth-order valence-electron chi connectivity index (χ4n) is 3.36. The first-order chi connectivity index (χ1) is 11.6. The van der Waals surface area contributed by atoms with Crippen LogP contribution >= 0.6 is 0 Å². The molecule has 124 valence electrons. The number of piperidine rings is 1. The predicted molar refractivity (Wildman–Crippen MR) is 87.9 cm³/mol. The molecule has 1 saturated heterocycles. The summed E-state index contributed by atoms with van der Waals surface area (Å²) in [5.74, 6) is 1.70. The first-order valence-corrected chi connectivity index (χ1v) is 8.21. The van der Waals surface area contributed by atoms with Crippen LogP contribution in [0.15, 0.2) is 33.2 Å². The summed E-state index contributed by atoms with van der Waals surface area (Å²) in [4.78, 5) is 19.1. The number of furan rings is 1. The molecule has 3 heterocycles. The van der Waals surface area contributed by atoms with Gasteiger partial charge in [-0.1, -0.05) is 23.4 Å². The zero-order valence-electron chi connectivity index (χ0n) is 13.8. The summed E-state index contributed by atoms with van der Waals surface area (Å²) in [6.45, 7) is 5.04. The van der Waals surface area contributed by atoms with Crippen LogP contribution in [0.25, 0.3) is 11.0 Å². The molecule has 0 unspecified atom stereocenters. The molecule has 1 fully saturated rings. The van der Waals surface area contributed by atoms with Crippen molar-refractivity contribution in [1.82, 2.24) is 15.0 Å². The number of carbonyl (C=O) groups excluding carboxylic acids is 1. The van der Waals surface area contributed by atoms with Gasteiger partial charge in [0.25, 0.3) is 5.91 Å². The molecule has 0 N–H and O–H groups in total. The molecule has 24 heavy (non-hydrogen) atoms. The SMILES string of the molecule is Cc1noc([C@@H]2CCCN(C(=O)c3oc4ccccc4c3C)C2)n1. The van der Waals surface area contributed by atoms with Gasteiger partial charge in [0.2, 0.25) is 5.89 Å². The highest BCUT2D eigenvalue weighted by Gasteiger charge is 2.31. The first kappa shape index (κ1) is 14.9. The minimum Gasteiger partial charge on any atom is -0.451 e. The molecule has 0 spiro atoms. The van der Waals surface area contributed by atoms with Gasteiger partial charge in [-0.05, 0) is 32.8 Å². The number of amides is 1. The summed E-state index contributed by atoms with van der Waals surface area (Å²) in [6.07, 6.45) is 1.86. The second-order valence-corrected chi connectivity index (χ2v) is 6.32. The fourth-order valence-corrected chi connectivity index (χ4v) is 3.36. The lowest BCUT2D eigenvalue weighted by Crippen LogP contribution is -2.39. The lowest BCUT2D eigenvalue weighted by molar-refractivity contribution is 0.0665. The minimum absolute atomic E-state index is 0.0652. The van der Waals surface area contributed by atoms with Crippen LogP contribution < -0.4 is 0 Å². The van der Waals surface area contributed by atoms with E-state index in [1.54, 1.807) is 6.92 Å². The molecule has 2 aromatic heterocycles. The Labute approximate surface area is 139 Å². The first-order valence-electron chi connectivity index (χ1n) is 8.21. The topological polar surface area (TPSA) is 72.4 Å². The van der Waals surface area contributed by atoms with Crippen molar-refractivity contribution in [2.24, 2.45) is 0 Å². The smallest absolute Gasteiger partial charge is 0.289 e. The third-order valence-electron chi connectivity index (χ3n) is 4.64. The van der Waals surface area contributed by atoms with E-state index >= 15 is 0 Å². The van der Waals surface area contributed by atoms with Gasteiger partial charge in [-0.3, -0.25) is 4.79 Å². The molecule has 0 aliphatic carbocycles. The molecule has 1 aliphatic heterocycles. The Morgan fingerprint density at radius 3 is 2.88 bits per heavy atom. The van der Waals surface area contributed by atoms with E-state index in [-0.39, 0.29) is 11.8 Å². The molecule has 0 bridgehead atoms. The van der Waals surface area contributed by atoms with E-state index in [0.717, 1.165) is 35.9 Å². The minimum atomic E-state index is -0.0652. The highest BCUT2D eigenvalue weighted by molar-refractivity contribution is 5.99. The molecular formula is C18H19N3O3. The summed E-state index contributed by atoms with van der Waals surface area (Å²) in [7, 11) is 0. The molecule has 0 saturated carbocycles. The average molecular weight is 325 g/mol. The van der Waals surface area contributed by atoms with E-state index in [9.17, 15) is 4.79 Å². The molecule has 1 amide bonds. The number of hydrogen-bond acceptors (Lipinski definition) is 5. The predicted octanol–water partition coefficient (Wildman–Crippen LogP) is 3.45. The summed E-state index contributed by atoms with van der Waals surface area (Å²) < 4.78 is 11.1. The summed E-state index contributed by atoms with van der Waals surface area (Å²) >= 11 is 0. The Bertz CT molecular complexity index is 896. The molecule has 3 aromatic rings. The van der Waals surface area contributed by atoms with Crippen molar-refractivity contribution >= 4 is 16.9 Å². The van der Waals surface area contributed by atoms with Gasteiger partial charge in [0.05, 0.1) is 5.92 Å². The maximum atomic E-state index is 12.9. The average Bonchev–Trinajstić information content (AvgIpc) is 3.19. The Hall–Kier alpha value is -2.63. The maximum absolute atomic E-state index is 12.9. The van der Waals surface area contributed by atoms with Crippen molar-refractivity contribution in [3.05, 3.63) is 47.3 Å². The molecule has 6 nitrogen and oxygen atoms in total. The third kappa shape index (κ3) is 2.48. The summed E-state index contributed by atoms with van der Waals surface area (Å²) in [5.41, 5.74) is 1.64. The standard InChI is InChI=1S/C18H19N3O3/c1-11-14-7-3-4-8-15(14)23-16(11)18(22)21-9-5-6-13(10-21)17-19-12(2)20-24-17/h3-4,7-8,13H,5-6,9-10H2,1-2H3/t13-/m1/s1. The number of fused-ring (bicyclic) bond motifs is 1. The van der Waals surface area contributed by atoms with Crippen molar-refractivity contribution in [3.63, 3.8) is 0 Å². The van der Waals surface area contributed by atoms with Crippen LogP contribution in [-0.4, -0.2) is 34.0 Å². The Balaban J connectivity index is 1.60. The number of benzene rings is 1. The van der Waals surface area contributed by atoms with Crippen LogP contribution in [0.1, 0.15) is 46.6 Å². The van der Waals surface area contributed by atoms with Crippen molar-refractivity contribution < 1.29 is 13.7 Å². The lowest BCUT2D eigenvalue weighted by Gasteiger charge is -2.30.